The lowest BCUT2D eigenvalue weighted by molar-refractivity contribution is 0.887. The molecule has 0 aliphatic carbocycles. The predicted molar refractivity (Wildman–Crippen MR) is 51.4 cm³/mol. The Labute approximate surface area is 76.4 Å². The molecular formula is C8H14N4O. The minimum atomic E-state index is -0.267. The Morgan fingerprint density at radius 3 is 2.62 bits per heavy atom. The fraction of sp³-hybridized carbons (Fsp3) is 0.500. The summed E-state index contributed by atoms with van der Waals surface area (Å²) in [5.74, 6) is 5.31. The van der Waals surface area contributed by atoms with Gasteiger partial charge in [-0.1, -0.05) is 13.8 Å². The zero-order chi connectivity index (χ0) is 9.84. The van der Waals surface area contributed by atoms with Gasteiger partial charge in [-0.2, -0.15) is 0 Å². The molecule has 0 saturated heterocycles. The van der Waals surface area contributed by atoms with Gasteiger partial charge in [0.2, 0.25) is 5.82 Å². The maximum Gasteiger partial charge on any atom is 0.292 e. The number of nitrogens with one attached hydrogen (secondary N) is 2. The Morgan fingerprint density at radius 2 is 2.15 bits per heavy atom. The number of aryl methyl sites for hydroxylation is 2. The van der Waals surface area contributed by atoms with Crippen LogP contribution in [0.4, 0.5) is 5.82 Å². The number of hydrogen-bond acceptors (Lipinski definition) is 4. The van der Waals surface area contributed by atoms with Crippen LogP contribution in [0.2, 0.25) is 0 Å². The first-order valence-electron chi connectivity index (χ1n) is 4.31. The summed E-state index contributed by atoms with van der Waals surface area (Å²) in [7, 11) is 0. The van der Waals surface area contributed by atoms with E-state index >= 15 is 0 Å². The summed E-state index contributed by atoms with van der Waals surface area (Å²) in [6.07, 6.45) is 1.56. The molecule has 1 heterocycles. The van der Waals surface area contributed by atoms with E-state index in [1.165, 1.54) is 0 Å². The molecular weight excluding hydrogens is 168 g/mol. The third-order valence-electron chi connectivity index (χ3n) is 1.90. The molecule has 1 aromatic heterocycles. The molecule has 0 aliphatic heterocycles. The molecule has 5 nitrogen and oxygen atoms in total. The van der Waals surface area contributed by atoms with Gasteiger partial charge in [0.1, 0.15) is 0 Å². The highest BCUT2D eigenvalue weighted by atomic mass is 16.1. The maximum atomic E-state index is 11.2. The first-order chi connectivity index (χ1) is 6.22. The van der Waals surface area contributed by atoms with Crippen molar-refractivity contribution in [1.29, 1.82) is 0 Å². The van der Waals surface area contributed by atoms with Gasteiger partial charge >= 0.3 is 0 Å². The van der Waals surface area contributed by atoms with E-state index in [9.17, 15) is 4.79 Å². The maximum absolute atomic E-state index is 11.2. The van der Waals surface area contributed by atoms with Crippen molar-refractivity contribution in [3.8, 4) is 0 Å². The Hall–Kier alpha value is -1.36. The van der Waals surface area contributed by atoms with Crippen molar-refractivity contribution in [2.75, 3.05) is 5.43 Å². The predicted octanol–water partition coefficient (Wildman–Crippen LogP) is 0.180. The van der Waals surface area contributed by atoms with Crippen LogP contribution >= 0.6 is 0 Å². The second kappa shape index (κ2) is 4.04. The van der Waals surface area contributed by atoms with Crippen molar-refractivity contribution in [1.82, 2.24) is 9.97 Å². The van der Waals surface area contributed by atoms with Crippen molar-refractivity contribution >= 4 is 5.82 Å². The van der Waals surface area contributed by atoms with Crippen molar-refractivity contribution in [3.05, 3.63) is 21.7 Å². The molecule has 0 aliphatic rings. The fourth-order valence-corrected chi connectivity index (χ4v) is 1.20. The van der Waals surface area contributed by atoms with E-state index in [4.69, 9.17) is 5.84 Å². The Balaban J connectivity index is 3.26. The summed E-state index contributed by atoms with van der Waals surface area (Å²) in [5.41, 5.74) is 3.76. The Bertz CT molecular complexity index is 344. The Morgan fingerprint density at radius 1 is 1.46 bits per heavy atom. The number of anilines is 1. The molecule has 0 saturated carbocycles. The van der Waals surface area contributed by atoms with E-state index in [1.807, 2.05) is 13.8 Å². The summed E-state index contributed by atoms with van der Waals surface area (Å²) >= 11 is 0. The van der Waals surface area contributed by atoms with Gasteiger partial charge in [-0.3, -0.25) is 4.79 Å². The number of nitrogen functional groups attached to an aromatic ring is 1. The number of aromatic nitrogens is 2. The van der Waals surface area contributed by atoms with E-state index < -0.39 is 0 Å². The summed E-state index contributed by atoms with van der Waals surface area (Å²) in [6, 6.07) is 0. The third kappa shape index (κ3) is 1.86. The van der Waals surface area contributed by atoms with Crippen LogP contribution in [0.1, 0.15) is 25.2 Å². The van der Waals surface area contributed by atoms with Gasteiger partial charge in [0.05, 0.1) is 5.69 Å². The van der Waals surface area contributed by atoms with Crippen LogP contribution in [0.3, 0.4) is 0 Å². The second-order valence-corrected chi connectivity index (χ2v) is 2.69. The van der Waals surface area contributed by atoms with Crippen LogP contribution in [0, 0.1) is 0 Å². The van der Waals surface area contributed by atoms with Gasteiger partial charge in [-0.25, -0.2) is 10.8 Å². The number of nitrogens with zero attached hydrogens (tertiary/aromatic N) is 1. The molecule has 72 valence electrons. The lowest BCUT2D eigenvalue weighted by Crippen LogP contribution is -2.23. The van der Waals surface area contributed by atoms with E-state index in [2.05, 4.69) is 15.4 Å². The van der Waals surface area contributed by atoms with Crippen LogP contribution in [-0.2, 0) is 12.8 Å². The van der Waals surface area contributed by atoms with Gasteiger partial charge in [0.25, 0.3) is 5.56 Å². The highest BCUT2D eigenvalue weighted by molar-refractivity contribution is 5.32. The first-order valence-corrected chi connectivity index (χ1v) is 4.31. The van der Waals surface area contributed by atoms with E-state index in [1.54, 1.807) is 0 Å². The molecule has 0 bridgehead atoms. The third-order valence-corrected chi connectivity index (χ3v) is 1.90. The standard InChI is InChI=1S/C8H14N4O/c1-3-5-6(4-2)11-8(13)7(10-5)12-9/h3-4,9H2,1-2H3,(H,10,12)(H,11,13). The van der Waals surface area contributed by atoms with Crippen LogP contribution in [0.5, 0.6) is 0 Å². The van der Waals surface area contributed by atoms with Gasteiger partial charge in [0, 0.05) is 5.69 Å². The number of hydrazine groups is 1. The fourth-order valence-electron chi connectivity index (χ4n) is 1.20. The molecule has 0 fully saturated rings. The number of hydrogen-bond donors (Lipinski definition) is 3. The molecule has 1 rings (SSSR count). The lowest BCUT2D eigenvalue weighted by Gasteiger charge is -2.06. The molecule has 1 aromatic rings. The quantitative estimate of drug-likeness (QED) is 0.460. The summed E-state index contributed by atoms with van der Waals surface area (Å²) in [4.78, 5) is 18.1. The lowest BCUT2D eigenvalue weighted by atomic mass is 10.2. The van der Waals surface area contributed by atoms with Crippen molar-refractivity contribution < 1.29 is 0 Å². The molecule has 0 aromatic carbocycles. The molecule has 0 atom stereocenters. The highest BCUT2D eigenvalue weighted by Crippen LogP contribution is 2.04. The smallest absolute Gasteiger partial charge is 0.292 e. The van der Waals surface area contributed by atoms with Gasteiger partial charge in [-0.05, 0) is 12.8 Å². The normalized spacial score (nSPS) is 10.1. The molecule has 5 heteroatoms. The van der Waals surface area contributed by atoms with E-state index in [-0.39, 0.29) is 11.4 Å². The first kappa shape index (κ1) is 9.73. The largest absolute Gasteiger partial charge is 0.321 e. The number of nitrogens with two attached hydrogens (primary N) is 1. The van der Waals surface area contributed by atoms with Crippen molar-refractivity contribution in [2.24, 2.45) is 5.84 Å². The van der Waals surface area contributed by atoms with Gasteiger partial charge in [-0.15, -0.1) is 0 Å². The molecule has 0 unspecified atom stereocenters. The second-order valence-electron chi connectivity index (χ2n) is 2.69. The van der Waals surface area contributed by atoms with Gasteiger partial charge in [0.15, 0.2) is 0 Å². The van der Waals surface area contributed by atoms with Gasteiger partial charge < -0.3 is 10.4 Å². The van der Waals surface area contributed by atoms with Crippen LogP contribution in [0.25, 0.3) is 0 Å². The summed E-state index contributed by atoms with van der Waals surface area (Å²) in [5, 5.41) is 0. The molecule has 4 N–H and O–H groups in total. The summed E-state index contributed by atoms with van der Waals surface area (Å²) in [6.45, 7) is 3.96. The highest BCUT2D eigenvalue weighted by Gasteiger charge is 2.05. The number of aromatic amines is 1. The summed E-state index contributed by atoms with van der Waals surface area (Å²) < 4.78 is 0. The Kier molecular flexibility index (Phi) is 3.02. The SMILES string of the molecule is CCc1nc(NN)c(=O)[nH]c1CC. The molecule has 0 amide bonds. The zero-order valence-corrected chi connectivity index (χ0v) is 7.85. The topological polar surface area (TPSA) is 83.8 Å². The number of rotatable bonds is 3. The molecule has 13 heavy (non-hydrogen) atoms. The van der Waals surface area contributed by atoms with E-state index in [0.29, 0.717) is 0 Å². The van der Waals surface area contributed by atoms with Crippen LogP contribution in [0.15, 0.2) is 4.79 Å². The average molecular weight is 182 g/mol. The molecule has 0 spiro atoms. The van der Waals surface area contributed by atoms with Crippen molar-refractivity contribution in [2.45, 2.75) is 26.7 Å². The zero-order valence-electron chi connectivity index (χ0n) is 7.85. The van der Waals surface area contributed by atoms with Crippen molar-refractivity contribution in [3.63, 3.8) is 0 Å². The van der Waals surface area contributed by atoms with Crippen LogP contribution < -0.4 is 16.8 Å². The molecule has 0 radical (unpaired) electrons. The van der Waals surface area contributed by atoms with Crippen LogP contribution in [-0.4, -0.2) is 9.97 Å². The average Bonchev–Trinajstić information content (AvgIpc) is 2.17. The minimum Gasteiger partial charge on any atom is -0.321 e. The van der Waals surface area contributed by atoms with E-state index in [0.717, 1.165) is 24.2 Å². The minimum absolute atomic E-state index is 0.175. The number of H-pyrrole nitrogens is 1. The monoisotopic (exact) mass is 182 g/mol.